The highest BCUT2D eigenvalue weighted by Gasteiger charge is 2.11. The van der Waals surface area contributed by atoms with Crippen molar-refractivity contribution in [3.05, 3.63) is 65.7 Å². The molecule has 5 nitrogen and oxygen atoms in total. The van der Waals surface area contributed by atoms with Gasteiger partial charge in [0.1, 0.15) is 0 Å². The SMILES string of the molecule is C[C@@H](NC(=O)NCCc1ccccc1)c1ccc(S(C)(=O)=O)cc1. The van der Waals surface area contributed by atoms with E-state index in [9.17, 15) is 13.2 Å². The van der Waals surface area contributed by atoms with Crippen molar-refractivity contribution < 1.29 is 13.2 Å². The number of rotatable bonds is 6. The third-order valence-corrected chi connectivity index (χ3v) is 4.83. The number of nitrogens with one attached hydrogen (secondary N) is 2. The molecule has 0 aromatic heterocycles. The molecule has 0 heterocycles. The lowest BCUT2D eigenvalue weighted by molar-refractivity contribution is 0.238. The standard InChI is InChI=1S/C18H22N2O3S/c1-14(16-8-10-17(11-9-16)24(2,22)23)20-18(21)19-13-12-15-6-4-3-5-7-15/h3-11,14H,12-13H2,1-2H3,(H2,19,20,21)/t14-/m1/s1. The molecule has 6 heteroatoms. The maximum absolute atomic E-state index is 11.9. The second-order valence-corrected chi connectivity index (χ2v) is 7.71. The zero-order chi connectivity index (χ0) is 17.6. The molecule has 0 radical (unpaired) electrons. The van der Waals surface area contributed by atoms with Crippen molar-refractivity contribution in [2.75, 3.05) is 12.8 Å². The van der Waals surface area contributed by atoms with Crippen molar-refractivity contribution in [2.24, 2.45) is 0 Å². The lowest BCUT2D eigenvalue weighted by Crippen LogP contribution is -2.38. The van der Waals surface area contributed by atoms with Gasteiger partial charge in [0.25, 0.3) is 0 Å². The highest BCUT2D eigenvalue weighted by Crippen LogP contribution is 2.16. The molecular weight excluding hydrogens is 324 g/mol. The predicted octanol–water partition coefficient (Wildman–Crippen LogP) is 2.69. The van der Waals surface area contributed by atoms with Crippen LogP contribution in [0.3, 0.4) is 0 Å². The van der Waals surface area contributed by atoms with E-state index in [1.165, 1.54) is 11.8 Å². The molecule has 0 spiro atoms. The fourth-order valence-corrected chi connectivity index (χ4v) is 2.93. The topological polar surface area (TPSA) is 75.3 Å². The minimum absolute atomic E-state index is 0.213. The monoisotopic (exact) mass is 346 g/mol. The van der Waals surface area contributed by atoms with Gasteiger partial charge in [-0.25, -0.2) is 13.2 Å². The van der Waals surface area contributed by atoms with Gasteiger partial charge in [0, 0.05) is 12.8 Å². The van der Waals surface area contributed by atoms with Crippen LogP contribution in [-0.2, 0) is 16.3 Å². The summed E-state index contributed by atoms with van der Waals surface area (Å²) in [5.74, 6) is 0. The molecule has 0 saturated heterocycles. The Morgan fingerprint density at radius 3 is 2.25 bits per heavy atom. The molecule has 1 atom stereocenters. The number of carbonyl (C=O) groups is 1. The summed E-state index contributed by atoms with van der Waals surface area (Å²) in [6, 6.07) is 16.0. The molecular formula is C18H22N2O3S. The van der Waals surface area contributed by atoms with E-state index in [1.807, 2.05) is 37.3 Å². The fraction of sp³-hybridized carbons (Fsp3) is 0.278. The average Bonchev–Trinajstić information content (AvgIpc) is 2.55. The Kier molecular flexibility index (Phi) is 5.98. The molecule has 24 heavy (non-hydrogen) atoms. The van der Waals surface area contributed by atoms with E-state index >= 15 is 0 Å². The van der Waals surface area contributed by atoms with Gasteiger partial charge in [-0.05, 0) is 36.6 Å². The van der Waals surface area contributed by atoms with Gasteiger partial charge in [-0.2, -0.15) is 0 Å². The third-order valence-electron chi connectivity index (χ3n) is 3.70. The first kappa shape index (κ1) is 18.0. The van der Waals surface area contributed by atoms with Crippen LogP contribution >= 0.6 is 0 Å². The molecule has 2 rings (SSSR count). The average molecular weight is 346 g/mol. The number of sulfone groups is 1. The molecule has 0 bridgehead atoms. The molecule has 2 amide bonds. The number of hydrogen-bond acceptors (Lipinski definition) is 3. The van der Waals surface area contributed by atoms with Gasteiger partial charge < -0.3 is 10.6 Å². The Hall–Kier alpha value is -2.34. The van der Waals surface area contributed by atoms with Crippen LogP contribution in [0.5, 0.6) is 0 Å². The van der Waals surface area contributed by atoms with Crippen molar-refractivity contribution in [3.63, 3.8) is 0 Å². The molecule has 128 valence electrons. The smallest absolute Gasteiger partial charge is 0.315 e. The number of carbonyl (C=O) groups excluding carboxylic acids is 1. The Labute approximate surface area is 143 Å². The first-order valence-electron chi connectivity index (χ1n) is 7.74. The van der Waals surface area contributed by atoms with Crippen molar-refractivity contribution in [1.82, 2.24) is 10.6 Å². The van der Waals surface area contributed by atoms with E-state index in [2.05, 4.69) is 10.6 Å². The van der Waals surface area contributed by atoms with Crippen LogP contribution in [0, 0.1) is 0 Å². The van der Waals surface area contributed by atoms with Gasteiger partial charge >= 0.3 is 6.03 Å². The van der Waals surface area contributed by atoms with Gasteiger partial charge in [0.15, 0.2) is 9.84 Å². The normalized spacial score (nSPS) is 12.4. The van der Waals surface area contributed by atoms with Gasteiger partial charge in [0.2, 0.25) is 0 Å². The molecule has 0 fully saturated rings. The van der Waals surface area contributed by atoms with Gasteiger partial charge in [-0.1, -0.05) is 42.5 Å². The van der Waals surface area contributed by atoms with Crippen molar-refractivity contribution in [1.29, 1.82) is 0 Å². The maximum atomic E-state index is 11.9. The highest BCUT2D eigenvalue weighted by atomic mass is 32.2. The van der Waals surface area contributed by atoms with Crippen molar-refractivity contribution >= 4 is 15.9 Å². The largest absolute Gasteiger partial charge is 0.338 e. The Morgan fingerprint density at radius 1 is 1.04 bits per heavy atom. The summed E-state index contributed by atoms with van der Waals surface area (Å²) in [6.07, 6.45) is 1.94. The number of urea groups is 1. The second-order valence-electron chi connectivity index (χ2n) is 5.70. The first-order chi connectivity index (χ1) is 11.4. The van der Waals surface area contributed by atoms with E-state index in [4.69, 9.17) is 0 Å². The van der Waals surface area contributed by atoms with E-state index in [1.54, 1.807) is 24.3 Å². The first-order valence-corrected chi connectivity index (χ1v) is 9.64. The maximum Gasteiger partial charge on any atom is 0.315 e. The Morgan fingerprint density at radius 2 is 1.67 bits per heavy atom. The van der Waals surface area contributed by atoms with Crippen molar-refractivity contribution in [2.45, 2.75) is 24.3 Å². The van der Waals surface area contributed by atoms with Crippen LogP contribution in [0.2, 0.25) is 0 Å². The molecule has 2 N–H and O–H groups in total. The molecule has 0 saturated carbocycles. The Balaban J connectivity index is 1.83. The second kappa shape index (κ2) is 7.97. The van der Waals surface area contributed by atoms with Crippen LogP contribution < -0.4 is 10.6 Å². The molecule has 2 aromatic rings. The third kappa shape index (κ3) is 5.38. The minimum Gasteiger partial charge on any atom is -0.338 e. The number of hydrogen-bond donors (Lipinski definition) is 2. The van der Waals surface area contributed by atoms with Crippen LogP contribution in [0.1, 0.15) is 24.1 Å². The zero-order valence-corrected chi connectivity index (χ0v) is 14.6. The van der Waals surface area contributed by atoms with Crippen LogP contribution in [0.15, 0.2) is 59.5 Å². The summed E-state index contributed by atoms with van der Waals surface area (Å²) in [6.45, 7) is 2.40. The van der Waals surface area contributed by atoms with Crippen LogP contribution in [-0.4, -0.2) is 27.2 Å². The zero-order valence-electron chi connectivity index (χ0n) is 13.8. The number of amides is 2. The van der Waals surface area contributed by atoms with E-state index in [0.717, 1.165) is 12.0 Å². The summed E-state index contributed by atoms with van der Waals surface area (Å²) < 4.78 is 22.9. The summed E-state index contributed by atoms with van der Waals surface area (Å²) in [5.41, 5.74) is 2.02. The van der Waals surface area contributed by atoms with Gasteiger partial charge in [0.05, 0.1) is 10.9 Å². The summed E-state index contributed by atoms with van der Waals surface area (Å²) in [4.78, 5) is 12.2. The lowest BCUT2D eigenvalue weighted by Gasteiger charge is -2.15. The number of benzene rings is 2. The van der Waals surface area contributed by atoms with Crippen LogP contribution in [0.25, 0.3) is 0 Å². The van der Waals surface area contributed by atoms with Gasteiger partial charge in [-0.3, -0.25) is 0 Å². The van der Waals surface area contributed by atoms with E-state index in [0.29, 0.717) is 6.54 Å². The molecule has 2 aromatic carbocycles. The quantitative estimate of drug-likeness (QED) is 0.844. The molecule has 0 aliphatic heterocycles. The predicted molar refractivity (Wildman–Crippen MR) is 94.6 cm³/mol. The van der Waals surface area contributed by atoms with Crippen LogP contribution in [0.4, 0.5) is 4.79 Å². The highest BCUT2D eigenvalue weighted by molar-refractivity contribution is 7.90. The lowest BCUT2D eigenvalue weighted by atomic mass is 10.1. The molecule has 0 aliphatic carbocycles. The van der Waals surface area contributed by atoms with Crippen molar-refractivity contribution in [3.8, 4) is 0 Å². The fourth-order valence-electron chi connectivity index (χ4n) is 2.30. The summed E-state index contributed by atoms with van der Waals surface area (Å²) in [5, 5.41) is 5.66. The summed E-state index contributed by atoms with van der Waals surface area (Å²) >= 11 is 0. The summed E-state index contributed by atoms with van der Waals surface area (Å²) in [7, 11) is -3.21. The minimum atomic E-state index is -3.21. The van der Waals surface area contributed by atoms with Gasteiger partial charge in [-0.15, -0.1) is 0 Å². The van der Waals surface area contributed by atoms with E-state index < -0.39 is 9.84 Å². The molecule has 0 aliphatic rings. The van der Waals surface area contributed by atoms with E-state index in [-0.39, 0.29) is 17.0 Å². The molecule has 0 unspecified atom stereocenters. The Bertz CT molecular complexity index is 772.